The zero-order chi connectivity index (χ0) is 18.9. The first-order valence-corrected chi connectivity index (χ1v) is 8.92. The molecule has 140 valence electrons. The van der Waals surface area contributed by atoms with Crippen molar-refractivity contribution in [2.24, 2.45) is 0 Å². The van der Waals surface area contributed by atoms with Crippen molar-refractivity contribution in [3.05, 3.63) is 64.7 Å². The molecule has 0 aliphatic heterocycles. The first-order chi connectivity index (χ1) is 12.5. The molecule has 0 radical (unpaired) electrons. The van der Waals surface area contributed by atoms with Crippen molar-refractivity contribution in [2.45, 2.75) is 25.5 Å². The molecule has 0 aliphatic carbocycles. The maximum absolute atomic E-state index is 11.3. The van der Waals surface area contributed by atoms with E-state index in [0.717, 1.165) is 16.8 Å². The molecule has 0 fully saturated rings. The molecule has 5 nitrogen and oxygen atoms in total. The lowest BCUT2D eigenvalue weighted by molar-refractivity contribution is -0.139. The average molecular weight is 377 g/mol. The molecule has 3 N–H and O–H groups in total. The van der Waals surface area contributed by atoms with E-state index in [-0.39, 0.29) is 18.4 Å². The van der Waals surface area contributed by atoms with Crippen LogP contribution in [0.4, 0.5) is 5.69 Å². The third-order valence-corrected chi connectivity index (χ3v) is 4.27. The van der Waals surface area contributed by atoms with Gasteiger partial charge in [-0.2, -0.15) is 0 Å². The van der Waals surface area contributed by atoms with E-state index in [1.165, 1.54) is 7.11 Å². The van der Waals surface area contributed by atoms with Crippen LogP contribution < -0.4 is 10.6 Å². The summed E-state index contributed by atoms with van der Waals surface area (Å²) in [6.07, 6.45) is -0.329. The number of rotatable bonds is 9. The number of carbonyl (C=O) groups is 1. The summed E-state index contributed by atoms with van der Waals surface area (Å²) in [7, 11) is 1.38. The predicted octanol–water partition coefficient (Wildman–Crippen LogP) is 3.18. The highest BCUT2D eigenvalue weighted by Crippen LogP contribution is 2.17. The van der Waals surface area contributed by atoms with Gasteiger partial charge < -0.3 is 20.5 Å². The largest absolute Gasteiger partial charge is 0.469 e. The Morgan fingerprint density at radius 3 is 2.58 bits per heavy atom. The van der Waals surface area contributed by atoms with Crippen LogP contribution in [-0.2, 0) is 16.0 Å². The third-order valence-electron chi connectivity index (χ3n) is 4.04. The lowest BCUT2D eigenvalue weighted by Crippen LogP contribution is -2.35. The Morgan fingerprint density at radius 1 is 1.19 bits per heavy atom. The van der Waals surface area contributed by atoms with Crippen LogP contribution >= 0.6 is 11.6 Å². The van der Waals surface area contributed by atoms with Gasteiger partial charge in [0.2, 0.25) is 0 Å². The molecule has 0 saturated heterocycles. The summed E-state index contributed by atoms with van der Waals surface area (Å²) >= 11 is 5.95. The van der Waals surface area contributed by atoms with Crippen LogP contribution in [0.2, 0.25) is 5.02 Å². The van der Waals surface area contributed by atoms with Crippen molar-refractivity contribution < 1.29 is 14.6 Å². The van der Waals surface area contributed by atoms with Crippen LogP contribution in [-0.4, -0.2) is 37.3 Å². The molecule has 0 aromatic heterocycles. The SMILES string of the molecule is COC(=O)Cc1ccc(NC[C@@H](C)NC[C@H](O)c2cccc(Cl)c2)cc1. The third kappa shape index (κ3) is 6.67. The molecular formula is C20H25ClN2O3. The second-order valence-corrected chi connectivity index (χ2v) is 6.65. The quantitative estimate of drug-likeness (QED) is 0.586. The molecule has 0 bridgehead atoms. The Kier molecular flexibility index (Phi) is 7.91. The van der Waals surface area contributed by atoms with E-state index < -0.39 is 6.10 Å². The van der Waals surface area contributed by atoms with E-state index in [2.05, 4.69) is 15.4 Å². The zero-order valence-electron chi connectivity index (χ0n) is 15.0. The second-order valence-electron chi connectivity index (χ2n) is 6.21. The van der Waals surface area contributed by atoms with Crippen LogP contribution in [0.5, 0.6) is 0 Å². The maximum atomic E-state index is 11.3. The van der Waals surface area contributed by atoms with Crippen molar-refractivity contribution in [2.75, 3.05) is 25.5 Å². The van der Waals surface area contributed by atoms with E-state index in [4.69, 9.17) is 11.6 Å². The topological polar surface area (TPSA) is 70.6 Å². The first-order valence-electron chi connectivity index (χ1n) is 8.54. The van der Waals surface area contributed by atoms with Gasteiger partial charge in [0.15, 0.2) is 0 Å². The number of hydrogen-bond acceptors (Lipinski definition) is 5. The normalized spacial score (nSPS) is 13.1. The minimum atomic E-state index is -0.603. The zero-order valence-corrected chi connectivity index (χ0v) is 15.8. The van der Waals surface area contributed by atoms with Gasteiger partial charge in [0.05, 0.1) is 19.6 Å². The van der Waals surface area contributed by atoms with Gasteiger partial charge >= 0.3 is 5.97 Å². The van der Waals surface area contributed by atoms with Gasteiger partial charge in [-0.05, 0) is 42.3 Å². The standard InChI is InChI=1S/C20H25ClN2O3/c1-14(22-13-19(24)16-4-3-5-17(21)11-16)12-23-18-8-6-15(7-9-18)10-20(25)26-2/h3-9,11,14,19,22-24H,10,12-13H2,1-2H3/t14-,19+/m1/s1. The summed E-state index contributed by atoms with van der Waals surface area (Å²) in [5.41, 5.74) is 2.69. The number of nitrogens with one attached hydrogen (secondary N) is 2. The molecule has 2 atom stereocenters. The molecule has 2 aromatic carbocycles. The fourth-order valence-electron chi connectivity index (χ4n) is 2.47. The van der Waals surface area contributed by atoms with Crippen LogP contribution in [0, 0.1) is 0 Å². The average Bonchev–Trinajstić information content (AvgIpc) is 2.65. The van der Waals surface area contributed by atoms with Gasteiger partial charge in [-0.3, -0.25) is 4.79 Å². The fourth-order valence-corrected chi connectivity index (χ4v) is 2.67. The predicted molar refractivity (Wildman–Crippen MR) is 105 cm³/mol. The molecule has 0 amide bonds. The second kappa shape index (κ2) is 10.2. The Balaban J connectivity index is 1.74. The summed E-state index contributed by atoms with van der Waals surface area (Å²) in [5.74, 6) is -0.248. The molecule has 26 heavy (non-hydrogen) atoms. The number of aliphatic hydroxyl groups excluding tert-OH is 1. The summed E-state index contributed by atoms with van der Waals surface area (Å²) in [4.78, 5) is 11.3. The molecule has 2 aromatic rings. The Hall–Kier alpha value is -2.08. The van der Waals surface area contributed by atoms with E-state index >= 15 is 0 Å². The highest BCUT2D eigenvalue weighted by atomic mass is 35.5. The Labute approximate surface area is 159 Å². The summed E-state index contributed by atoms with van der Waals surface area (Å²) in [6.45, 7) is 3.20. The van der Waals surface area contributed by atoms with Crippen LogP contribution in [0.1, 0.15) is 24.2 Å². The molecule has 0 saturated carbocycles. The number of benzene rings is 2. The number of ether oxygens (including phenoxy) is 1. The van der Waals surface area contributed by atoms with Crippen molar-refractivity contribution in [1.29, 1.82) is 0 Å². The number of aliphatic hydroxyl groups is 1. The maximum Gasteiger partial charge on any atom is 0.309 e. The Morgan fingerprint density at radius 2 is 1.92 bits per heavy atom. The van der Waals surface area contributed by atoms with E-state index in [0.29, 0.717) is 18.1 Å². The molecule has 0 heterocycles. The Bertz CT molecular complexity index is 706. The lowest BCUT2D eigenvalue weighted by Gasteiger charge is -2.18. The van der Waals surface area contributed by atoms with Crippen LogP contribution in [0.25, 0.3) is 0 Å². The van der Waals surface area contributed by atoms with Crippen molar-refractivity contribution in [3.63, 3.8) is 0 Å². The van der Waals surface area contributed by atoms with Crippen LogP contribution in [0.3, 0.4) is 0 Å². The van der Waals surface area contributed by atoms with Gasteiger partial charge in [-0.25, -0.2) is 0 Å². The fraction of sp³-hybridized carbons (Fsp3) is 0.350. The number of esters is 1. The lowest BCUT2D eigenvalue weighted by atomic mass is 10.1. The smallest absolute Gasteiger partial charge is 0.309 e. The monoisotopic (exact) mass is 376 g/mol. The van der Waals surface area contributed by atoms with E-state index in [1.807, 2.05) is 43.3 Å². The van der Waals surface area contributed by atoms with Crippen molar-refractivity contribution >= 4 is 23.3 Å². The highest BCUT2D eigenvalue weighted by molar-refractivity contribution is 6.30. The number of anilines is 1. The minimum absolute atomic E-state index is 0.165. The van der Waals surface area contributed by atoms with Gasteiger partial charge in [0.1, 0.15) is 0 Å². The van der Waals surface area contributed by atoms with Gasteiger partial charge in [0.25, 0.3) is 0 Å². The summed E-state index contributed by atoms with van der Waals surface area (Å²) < 4.78 is 4.66. The number of halogens is 1. The molecule has 6 heteroatoms. The highest BCUT2D eigenvalue weighted by Gasteiger charge is 2.10. The van der Waals surface area contributed by atoms with Crippen molar-refractivity contribution in [3.8, 4) is 0 Å². The van der Waals surface area contributed by atoms with Crippen LogP contribution in [0.15, 0.2) is 48.5 Å². The van der Waals surface area contributed by atoms with Gasteiger partial charge in [0, 0.05) is 29.8 Å². The molecule has 2 rings (SSSR count). The minimum Gasteiger partial charge on any atom is -0.469 e. The van der Waals surface area contributed by atoms with Crippen molar-refractivity contribution in [1.82, 2.24) is 5.32 Å². The summed E-state index contributed by atoms with van der Waals surface area (Å²) in [6, 6.07) is 15.1. The number of methoxy groups -OCH3 is 1. The summed E-state index contributed by atoms with van der Waals surface area (Å²) in [5, 5.41) is 17.5. The molecule has 0 spiro atoms. The van der Waals surface area contributed by atoms with Gasteiger partial charge in [-0.15, -0.1) is 0 Å². The van der Waals surface area contributed by atoms with E-state index in [9.17, 15) is 9.90 Å². The molecule has 0 unspecified atom stereocenters. The van der Waals surface area contributed by atoms with Gasteiger partial charge in [-0.1, -0.05) is 35.9 Å². The molecular weight excluding hydrogens is 352 g/mol. The molecule has 0 aliphatic rings. The van der Waals surface area contributed by atoms with E-state index in [1.54, 1.807) is 12.1 Å². The number of hydrogen-bond donors (Lipinski definition) is 3. The first kappa shape index (κ1) is 20.2. The number of carbonyl (C=O) groups excluding carboxylic acids is 1.